The lowest BCUT2D eigenvalue weighted by atomic mass is 10.1. The second-order valence-electron chi connectivity index (χ2n) is 6.35. The molecule has 0 spiro atoms. The average molecular weight is 372 g/mol. The van der Waals surface area contributed by atoms with Crippen LogP contribution in [0.3, 0.4) is 0 Å². The van der Waals surface area contributed by atoms with E-state index in [0.29, 0.717) is 18.0 Å². The molecular weight excluding hydrogens is 351 g/mol. The zero-order chi connectivity index (χ0) is 19.4. The third-order valence-corrected chi connectivity index (χ3v) is 4.42. The minimum Gasteiger partial charge on any atom is -0.454 e. The van der Waals surface area contributed by atoms with Crippen molar-refractivity contribution in [2.75, 3.05) is 6.79 Å². The van der Waals surface area contributed by atoms with Crippen molar-refractivity contribution in [1.29, 1.82) is 0 Å². The van der Waals surface area contributed by atoms with Gasteiger partial charge in [0.2, 0.25) is 18.6 Å². The highest BCUT2D eigenvalue weighted by Crippen LogP contribution is 2.32. The smallest absolute Gasteiger partial charge is 0.242 e. The van der Waals surface area contributed by atoms with E-state index in [-0.39, 0.29) is 31.0 Å². The Morgan fingerprint density at radius 1 is 1.11 bits per heavy atom. The van der Waals surface area contributed by atoms with Gasteiger partial charge in [-0.3, -0.25) is 9.59 Å². The van der Waals surface area contributed by atoms with E-state index in [0.717, 1.165) is 11.1 Å². The number of nitrogens with one attached hydrogen (secondary N) is 1. The highest BCUT2D eigenvalue weighted by molar-refractivity contribution is 5.86. The number of benzene rings is 2. The van der Waals surface area contributed by atoms with E-state index in [1.807, 2.05) is 12.1 Å². The predicted molar refractivity (Wildman–Crippen MR) is 96.5 cm³/mol. The van der Waals surface area contributed by atoms with E-state index in [1.54, 1.807) is 25.1 Å². The molecule has 0 fully saturated rings. The largest absolute Gasteiger partial charge is 0.454 e. The van der Waals surface area contributed by atoms with Crippen LogP contribution in [-0.2, 0) is 22.7 Å². The monoisotopic (exact) mass is 372 g/mol. The maximum absolute atomic E-state index is 13.1. The first-order valence-corrected chi connectivity index (χ1v) is 8.62. The first-order valence-electron chi connectivity index (χ1n) is 8.62. The van der Waals surface area contributed by atoms with Crippen molar-refractivity contribution in [3.05, 3.63) is 59.4 Å². The van der Waals surface area contributed by atoms with Gasteiger partial charge >= 0.3 is 0 Å². The van der Waals surface area contributed by atoms with Gasteiger partial charge < -0.3 is 19.7 Å². The number of rotatable bonds is 6. The first kappa shape index (κ1) is 18.7. The maximum atomic E-state index is 13.1. The number of carbonyl (C=O) groups is 2. The van der Waals surface area contributed by atoms with E-state index in [2.05, 4.69) is 5.32 Å². The Kier molecular flexibility index (Phi) is 5.59. The summed E-state index contributed by atoms with van der Waals surface area (Å²) in [6.45, 7) is 3.81. The van der Waals surface area contributed by atoms with Gasteiger partial charge in [-0.1, -0.05) is 18.2 Å². The summed E-state index contributed by atoms with van der Waals surface area (Å²) in [7, 11) is 0. The summed E-state index contributed by atoms with van der Waals surface area (Å²) in [5.74, 6) is 0.481. The standard InChI is InChI=1S/C20H21FN2O4/c1-13(23(14(2)24)11-15-3-6-17(21)7-4-15)20(25)22-10-16-5-8-18-19(9-16)27-12-26-18/h3-9,13H,10-12H2,1-2H3,(H,22,25)/t13-/m1/s1. The Balaban J connectivity index is 1.61. The third kappa shape index (κ3) is 4.55. The minimum absolute atomic E-state index is 0.194. The molecule has 27 heavy (non-hydrogen) atoms. The summed E-state index contributed by atoms with van der Waals surface area (Å²) in [4.78, 5) is 26.0. The SMILES string of the molecule is CC(=O)N(Cc1ccc(F)cc1)[C@H](C)C(=O)NCc1ccc2c(c1)OCO2. The molecule has 1 aliphatic heterocycles. The van der Waals surface area contributed by atoms with Gasteiger partial charge in [0, 0.05) is 20.0 Å². The van der Waals surface area contributed by atoms with Crippen LogP contribution in [0.4, 0.5) is 4.39 Å². The molecule has 2 aromatic rings. The number of fused-ring (bicyclic) bond motifs is 1. The van der Waals surface area contributed by atoms with Gasteiger partial charge in [-0.15, -0.1) is 0 Å². The summed E-state index contributed by atoms with van der Waals surface area (Å²) in [6.07, 6.45) is 0. The number of amides is 2. The van der Waals surface area contributed by atoms with E-state index in [9.17, 15) is 14.0 Å². The number of halogens is 1. The molecule has 2 aromatic carbocycles. The molecule has 0 bridgehead atoms. The topological polar surface area (TPSA) is 67.9 Å². The van der Waals surface area contributed by atoms with Gasteiger partial charge in [0.25, 0.3) is 0 Å². The van der Waals surface area contributed by atoms with Gasteiger partial charge in [-0.2, -0.15) is 0 Å². The highest BCUT2D eigenvalue weighted by atomic mass is 19.1. The molecule has 1 N–H and O–H groups in total. The first-order chi connectivity index (χ1) is 12.9. The third-order valence-electron chi connectivity index (χ3n) is 4.42. The van der Waals surface area contributed by atoms with Crippen LogP contribution in [0.2, 0.25) is 0 Å². The predicted octanol–water partition coefficient (Wildman–Crippen LogP) is 2.61. The van der Waals surface area contributed by atoms with Gasteiger partial charge in [-0.05, 0) is 42.3 Å². The molecule has 0 unspecified atom stereocenters. The fraction of sp³-hybridized carbons (Fsp3) is 0.300. The summed E-state index contributed by atoms with van der Waals surface area (Å²) < 4.78 is 23.6. The van der Waals surface area contributed by atoms with Crippen LogP contribution in [-0.4, -0.2) is 29.5 Å². The lowest BCUT2D eigenvalue weighted by Gasteiger charge is -2.27. The van der Waals surface area contributed by atoms with Crippen molar-refractivity contribution in [2.24, 2.45) is 0 Å². The van der Waals surface area contributed by atoms with Crippen LogP contribution in [0.1, 0.15) is 25.0 Å². The number of hydrogen-bond donors (Lipinski definition) is 1. The molecule has 3 rings (SSSR count). The Morgan fingerprint density at radius 3 is 2.48 bits per heavy atom. The molecular formula is C20H21FN2O4. The second-order valence-corrected chi connectivity index (χ2v) is 6.35. The Bertz CT molecular complexity index is 838. The lowest BCUT2D eigenvalue weighted by molar-refractivity contribution is -0.139. The Morgan fingerprint density at radius 2 is 1.78 bits per heavy atom. The van der Waals surface area contributed by atoms with Crippen LogP contribution >= 0.6 is 0 Å². The van der Waals surface area contributed by atoms with Crippen molar-refractivity contribution in [1.82, 2.24) is 10.2 Å². The van der Waals surface area contributed by atoms with E-state index in [1.165, 1.54) is 24.0 Å². The van der Waals surface area contributed by atoms with Gasteiger partial charge in [0.15, 0.2) is 11.5 Å². The molecule has 7 heteroatoms. The van der Waals surface area contributed by atoms with E-state index < -0.39 is 6.04 Å². The van der Waals surface area contributed by atoms with E-state index in [4.69, 9.17) is 9.47 Å². The molecule has 6 nitrogen and oxygen atoms in total. The molecule has 0 radical (unpaired) electrons. The lowest BCUT2D eigenvalue weighted by Crippen LogP contribution is -2.46. The normalized spacial score (nSPS) is 13.1. The molecule has 1 atom stereocenters. The molecule has 0 saturated heterocycles. The van der Waals surface area contributed by atoms with Crippen molar-refractivity contribution < 1.29 is 23.5 Å². The fourth-order valence-corrected chi connectivity index (χ4v) is 2.84. The van der Waals surface area contributed by atoms with Crippen molar-refractivity contribution in [2.45, 2.75) is 33.0 Å². The van der Waals surface area contributed by atoms with Crippen molar-refractivity contribution in [3.8, 4) is 11.5 Å². The highest BCUT2D eigenvalue weighted by Gasteiger charge is 2.24. The van der Waals surface area contributed by atoms with Crippen LogP contribution in [0.15, 0.2) is 42.5 Å². The van der Waals surface area contributed by atoms with Crippen LogP contribution in [0, 0.1) is 5.82 Å². The Hall–Kier alpha value is -3.09. The van der Waals surface area contributed by atoms with Gasteiger partial charge in [0.05, 0.1) is 0 Å². The Labute approximate surface area is 156 Å². The molecule has 0 aliphatic carbocycles. The summed E-state index contributed by atoms with van der Waals surface area (Å²) in [5, 5.41) is 2.83. The van der Waals surface area contributed by atoms with Crippen LogP contribution < -0.4 is 14.8 Å². The maximum Gasteiger partial charge on any atom is 0.242 e. The van der Waals surface area contributed by atoms with Crippen molar-refractivity contribution >= 4 is 11.8 Å². The quantitative estimate of drug-likeness (QED) is 0.846. The van der Waals surface area contributed by atoms with Gasteiger partial charge in [0.1, 0.15) is 11.9 Å². The molecule has 0 aromatic heterocycles. The average Bonchev–Trinajstić information content (AvgIpc) is 3.12. The van der Waals surface area contributed by atoms with Crippen LogP contribution in [0.25, 0.3) is 0 Å². The number of nitrogens with zero attached hydrogens (tertiary/aromatic N) is 1. The fourth-order valence-electron chi connectivity index (χ4n) is 2.84. The zero-order valence-corrected chi connectivity index (χ0v) is 15.2. The molecule has 1 aliphatic rings. The second kappa shape index (κ2) is 8.07. The van der Waals surface area contributed by atoms with E-state index >= 15 is 0 Å². The molecule has 1 heterocycles. The molecule has 142 valence electrons. The van der Waals surface area contributed by atoms with Crippen molar-refractivity contribution in [3.63, 3.8) is 0 Å². The number of ether oxygens (including phenoxy) is 2. The number of hydrogen-bond acceptors (Lipinski definition) is 4. The van der Waals surface area contributed by atoms with Crippen LogP contribution in [0.5, 0.6) is 11.5 Å². The molecule has 0 saturated carbocycles. The van der Waals surface area contributed by atoms with Gasteiger partial charge in [-0.25, -0.2) is 4.39 Å². The minimum atomic E-state index is -0.665. The summed E-state index contributed by atoms with van der Waals surface area (Å²) in [5.41, 5.74) is 1.62. The summed E-state index contributed by atoms with van der Waals surface area (Å²) >= 11 is 0. The number of carbonyl (C=O) groups excluding carboxylic acids is 2. The molecule has 2 amide bonds. The zero-order valence-electron chi connectivity index (χ0n) is 15.2. The summed E-state index contributed by atoms with van der Waals surface area (Å²) in [6, 6.07) is 10.7.